The van der Waals surface area contributed by atoms with E-state index < -0.39 is 0 Å². The second-order valence-electron chi connectivity index (χ2n) is 4.57. The molecule has 0 aliphatic carbocycles. The first-order valence-corrected chi connectivity index (χ1v) is 6.28. The third kappa shape index (κ3) is 2.52. The summed E-state index contributed by atoms with van der Waals surface area (Å²) in [5.74, 6) is 0. The highest BCUT2D eigenvalue weighted by molar-refractivity contribution is 5.42. The third-order valence-corrected chi connectivity index (χ3v) is 3.45. The molecule has 0 amide bonds. The number of hydrogen-bond acceptors (Lipinski definition) is 4. The van der Waals surface area contributed by atoms with E-state index >= 15 is 0 Å². The fraction of sp³-hybridized carbons (Fsp3) is 0.538. The van der Waals surface area contributed by atoms with Crippen LogP contribution < -0.4 is 5.73 Å². The Bertz CT molecular complexity index is 442. The second-order valence-corrected chi connectivity index (χ2v) is 4.57. The van der Waals surface area contributed by atoms with Gasteiger partial charge in [-0.2, -0.15) is 0 Å². The van der Waals surface area contributed by atoms with E-state index in [9.17, 15) is 10.1 Å². The lowest BCUT2D eigenvalue weighted by atomic mass is 9.94. The molecule has 98 valence electrons. The average Bonchev–Trinajstić information content (AvgIpc) is 2.90. The molecule has 0 spiro atoms. The van der Waals surface area contributed by atoms with Crippen LogP contribution in [0.4, 0.5) is 5.69 Å². The van der Waals surface area contributed by atoms with E-state index in [-0.39, 0.29) is 22.8 Å². The molecule has 2 unspecified atom stereocenters. The largest absolute Gasteiger partial charge is 0.376 e. The molecule has 1 aliphatic heterocycles. The first kappa shape index (κ1) is 13.0. The van der Waals surface area contributed by atoms with Crippen molar-refractivity contribution in [1.29, 1.82) is 0 Å². The number of aryl methyl sites for hydroxylation is 1. The van der Waals surface area contributed by atoms with Crippen molar-refractivity contribution in [2.75, 3.05) is 6.61 Å². The molecule has 5 nitrogen and oxygen atoms in total. The molecule has 18 heavy (non-hydrogen) atoms. The van der Waals surface area contributed by atoms with Gasteiger partial charge in [0.2, 0.25) is 0 Å². The molecule has 2 N–H and O–H groups in total. The minimum atomic E-state index is -0.384. The smallest absolute Gasteiger partial charge is 0.269 e. The van der Waals surface area contributed by atoms with Crippen molar-refractivity contribution < 1.29 is 9.66 Å². The van der Waals surface area contributed by atoms with E-state index in [1.807, 2.05) is 6.92 Å². The van der Waals surface area contributed by atoms with Gasteiger partial charge in [-0.3, -0.25) is 10.1 Å². The zero-order valence-corrected chi connectivity index (χ0v) is 10.5. The predicted molar refractivity (Wildman–Crippen MR) is 68.4 cm³/mol. The maximum Gasteiger partial charge on any atom is 0.269 e. The first-order valence-electron chi connectivity index (χ1n) is 6.28. The first-order chi connectivity index (χ1) is 8.63. The van der Waals surface area contributed by atoms with Crippen LogP contribution in [0, 0.1) is 10.1 Å². The van der Waals surface area contributed by atoms with Crippen molar-refractivity contribution in [3.05, 3.63) is 39.4 Å². The Morgan fingerprint density at radius 3 is 2.94 bits per heavy atom. The molecule has 1 fully saturated rings. The van der Waals surface area contributed by atoms with Gasteiger partial charge in [-0.15, -0.1) is 0 Å². The minimum Gasteiger partial charge on any atom is -0.376 e. The number of nitro benzene ring substituents is 1. The number of non-ortho nitro benzene ring substituents is 1. The summed E-state index contributed by atoms with van der Waals surface area (Å²) in [5, 5.41) is 10.8. The number of hydrogen-bond donors (Lipinski definition) is 1. The SMILES string of the molecule is CCc1ccc([N+](=O)[O-])cc1C(N)C1CCCO1. The van der Waals surface area contributed by atoms with E-state index in [2.05, 4.69) is 0 Å². The Balaban J connectivity index is 2.33. The summed E-state index contributed by atoms with van der Waals surface area (Å²) in [6.07, 6.45) is 2.73. The lowest BCUT2D eigenvalue weighted by molar-refractivity contribution is -0.385. The third-order valence-electron chi connectivity index (χ3n) is 3.45. The van der Waals surface area contributed by atoms with Gasteiger partial charge in [0.15, 0.2) is 0 Å². The topological polar surface area (TPSA) is 78.4 Å². The van der Waals surface area contributed by atoms with Gasteiger partial charge in [-0.05, 0) is 30.4 Å². The molecular formula is C13H18N2O3. The van der Waals surface area contributed by atoms with Gasteiger partial charge in [-0.1, -0.05) is 13.0 Å². The van der Waals surface area contributed by atoms with Gasteiger partial charge in [0.25, 0.3) is 5.69 Å². The standard InChI is InChI=1S/C13H18N2O3/c1-2-9-5-6-10(15(16)17)8-11(9)13(14)12-4-3-7-18-12/h5-6,8,12-13H,2-4,7,14H2,1H3. The highest BCUT2D eigenvalue weighted by atomic mass is 16.6. The zero-order valence-electron chi connectivity index (χ0n) is 10.5. The normalized spacial score (nSPS) is 20.9. The molecule has 1 aromatic rings. The minimum absolute atomic E-state index is 0.0164. The summed E-state index contributed by atoms with van der Waals surface area (Å²) >= 11 is 0. The molecule has 0 radical (unpaired) electrons. The molecule has 2 rings (SSSR count). The molecular weight excluding hydrogens is 232 g/mol. The van der Waals surface area contributed by atoms with Gasteiger partial charge < -0.3 is 10.5 Å². The van der Waals surface area contributed by atoms with Crippen molar-refractivity contribution in [1.82, 2.24) is 0 Å². The number of rotatable bonds is 4. The molecule has 1 saturated heterocycles. The Labute approximate surface area is 106 Å². The van der Waals surface area contributed by atoms with Crippen LogP contribution in [0.15, 0.2) is 18.2 Å². The van der Waals surface area contributed by atoms with E-state index in [4.69, 9.17) is 10.5 Å². The lowest BCUT2D eigenvalue weighted by Gasteiger charge is -2.21. The molecule has 0 bridgehead atoms. The molecule has 1 aromatic carbocycles. The number of benzene rings is 1. The maximum absolute atomic E-state index is 10.8. The summed E-state index contributed by atoms with van der Waals surface area (Å²) < 4.78 is 5.57. The zero-order chi connectivity index (χ0) is 13.1. The van der Waals surface area contributed by atoms with Gasteiger partial charge in [0.05, 0.1) is 17.1 Å². The quantitative estimate of drug-likeness (QED) is 0.657. The van der Waals surface area contributed by atoms with Crippen LogP contribution in [0.1, 0.15) is 36.9 Å². The molecule has 1 heterocycles. The number of nitrogens with two attached hydrogens (primary N) is 1. The fourth-order valence-electron chi connectivity index (χ4n) is 2.41. The van der Waals surface area contributed by atoms with Gasteiger partial charge in [-0.25, -0.2) is 0 Å². The highest BCUT2D eigenvalue weighted by Crippen LogP contribution is 2.29. The van der Waals surface area contributed by atoms with E-state index in [0.29, 0.717) is 0 Å². The molecule has 0 saturated carbocycles. The van der Waals surface area contributed by atoms with Crippen LogP contribution in [0.5, 0.6) is 0 Å². The summed E-state index contributed by atoms with van der Waals surface area (Å²) in [4.78, 5) is 10.4. The van der Waals surface area contributed by atoms with Gasteiger partial charge in [0, 0.05) is 18.7 Å². The van der Waals surface area contributed by atoms with Crippen LogP contribution in [0.3, 0.4) is 0 Å². The number of nitrogens with zero attached hydrogens (tertiary/aromatic N) is 1. The molecule has 0 aromatic heterocycles. The van der Waals surface area contributed by atoms with Gasteiger partial charge in [0.1, 0.15) is 0 Å². The van der Waals surface area contributed by atoms with Crippen molar-refractivity contribution in [2.45, 2.75) is 38.3 Å². The molecule has 1 aliphatic rings. The molecule has 2 atom stereocenters. The lowest BCUT2D eigenvalue weighted by Crippen LogP contribution is -2.26. The van der Waals surface area contributed by atoms with Crippen LogP contribution in [0.2, 0.25) is 0 Å². The number of ether oxygens (including phenoxy) is 1. The van der Waals surface area contributed by atoms with Crippen molar-refractivity contribution in [2.24, 2.45) is 5.73 Å². The summed E-state index contributed by atoms with van der Waals surface area (Å²) in [5.41, 5.74) is 8.20. The van der Waals surface area contributed by atoms with Crippen molar-refractivity contribution in [3.63, 3.8) is 0 Å². The highest BCUT2D eigenvalue weighted by Gasteiger charge is 2.26. The van der Waals surface area contributed by atoms with Crippen LogP contribution >= 0.6 is 0 Å². The Kier molecular flexibility index (Phi) is 3.93. The summed E-state index contributed by atoms with van der Waals surface area (Å²) in [6.45, 7) is 2.75. The van der Waals surface area contributed by atoms with Crippen molar-refractivity contribution >= 4 is 5.69 Å². The van der Waals surface area contributed by atoms with E-state index in [1.165, 1.54) is 6.07 Å². The summed E-state index contributed by atoms with van der Waals surface area (Å²) in [7, 11) is 0. The molecule has 5 heteroatoms. The van der Waals surface area contributed by atoms with E-state index in [0.717, 1.165) is 37.0 Å². The van der Waals surface area contributed by atoms with Crippen LogP contribution in [-0.4, -0.2) is 17.6 Å². The Morgan fingerprint density at radius 1 is 1.61 bits per heavy atom. The Morgan fingerprint density at radius 2 is 2.39 bits per heavy atom. The fourth-order valence-corrected chi connectivity index (χ4v) is 2.41. The monoisotopic (exact) mass is 250 g/mol. The predicted octanol–water partition coefficient (Wildman–Crippen LogP) is 2.34. The average molecular weight is 250 g/mol. The van der Waals surface area contributed by atoms with Gasteiger partial charge >= 0.3 is 0 Å². The second kappa shape index (κ2) is 5.46. The maximum atomic E-state index is 10.8. The van der Waals surface area contributed by atoms with Crippen LogP contribution in [-0.2, 0) is 11.2 Å². The summed E-state index contributed by atoms with van der Waals surface area (Å²) in [6, 6.07) is 4.64. The van der Waals surface area contributed by atoms with Crippen molar-refractivity contribution in [3.8, 4) is 0 Å². The Hall–Kier alpha value is -1.46. The van der Waals surface area contributed by atoms with Crippen LogP contribution in [0.25, 0.3) is 0 Å². The van der Waals surface area contributed by atoms with E-state index in [1.54, 1.807) is 12.1 Å². The number of nitro groups is 1.